The number of hydrogen-bond donors (Lipinski definition) is 0. The maximum Gasteiger partial charge on any atom is 0.0380 e. The van der Waals surface area contributed by atoms with Crippen molar-refractivity contribution in [1.29, 1.82) is 0 Å². The zero-order valence-electron chi connectivity index (χ0n) is 18.0. The van der Waals surface area contributed by atoms with Crippen molar-refractivity contribution in [2.75, 3.05) is 0 Å². The quantitative estimate of drug-likeness (QED) is 0.202. The molecule has 0 aliphatic heterocycles. The summed E-state index contributed by atoms with van der Waals surface area (Å²) in [6.45, 7) is 2.00. The number of aromatic nitrogens is 2. The molecule has 3 aromatic carbocycles. The van der Waals surface area contributed by atoms with Crippen molar-refractivity contribution in [3.05, 3.63) is 133 Å². The molecule has 0 saturated carbocycles. The summed E-state index contributed by atoms with van der Waals surface area (Å²) < 4.78 is 13.8. The van der Waals surface area contributed by atoms with Gasteiger partial charge in [0.1, 0.15) is 0 Å². The van der Waals surface area contributed by atoms with Gasteiger partial charge in [-0.1, -0.05) is 54.1 Å². The summed E-state index contributed by atoms with van der Waals surface area (Å²) in [6.07, 6.45) is 3.56. The van der Waals surface area contributed by atoms with Gasteiger partial charge in [0.15, 0.2) is 0 Å². The van der Waals surface area contributed by atoms with Crippen LogP contribution in [0.5, 0.6) is 0 Å². The van der Waals surface area contributed by atoms with E-state index in [9.17, 15) is 4.39 Å². The van der Waals surface area contributed by atoms with E-state index in [1.54, 1.807) is 24.5 Å². The van der Waals surface area contributed by atoms with Crippen LogP contribution in [0, 0.1) is 24.9 Å². The maximum atomic E-state index is 13.8. The van der Waals surface area contributed by atoms with Crippen LogP contribution in [0.15, 0.2) is 109 Å². The van der Waals surface area contributed by atoms with E-state index in [1.165, 1.54) is 6.07 Å². The second-order valence-corrected chi connectivity index (χ2v) is 7.13. The molecular weight excluding hydrogens is 588 g/mol. The van der Waals surface area contributed by atoms with Crippen molar-refractivity contribution < 1.29 is 24.5 Å². The van der Waals surface area contributed by atoms with Crippen molar-refractivity contribution >= 4 is 0 Å². The Kier molecular flexibility index (Phi) is 8.77. The van der Waals surface area contributed by atoms with Crippen LogP contribution in [0.4, 0.5) is 4.39 Å². The summed E-state index contributed by atoms with van der Waals surface area (Å²) >= 11 is 0. The van der Waals surface area contributed by atoms with Crippen molar-refractivity contribution in [2.45, 2.75) is 6.92 Å². The van der Waals surface area contributed by atoms with Gasteiger partial charge in [-0.15, -0.1) is 60.2 Å². The molecule has 5 aromatic rings. The van der Waals surface area contributed by atoms with Gasteiger partial charge in [0.05, 0.1) is 0 Å². The Morgan fingerprint density at radius 1 is 0.727 bits per heavy atom. The average Bonchev–Trinajstić information content (AvgIpc) is 2.87. The summed E-state index contributed by atoms with van der Waals surface area (Å²) in [6, 6.07) is 36.4. The van der Waals surface area contributed by atoms with Crippen LogP contribution < -0.4 is 0 Å². The molecule has 4 heteroatoms. The number of aryl methyl sites for hydroxylation is 1. The first-order valence-electron chi connectivity index (χ1n) is 10.3. The van der Waals surface area contributed by atoms with Gasteiger partial charge >= 0.3 is 0 Å². The van der Waals surface area contributed by atoms with Gasteiger partial charge in [0.25, 0.3) is 0 Å². The van der Waals surface area contributed by atoms with Gasteiger partial charge in [0.2, 0.25) is 0 Å². The molecule has 0 atom stereocenters. The Labute approximate surface area is 207 Å². The largest absolute Gasteiger partial charge is 0.305 e. The predicted octanol–water partition coefficient (Wildman–Crippen LogP) is 7.21. The zero-order chi connectivity index (χ0) is 22.2. The molecule has 0 saturated heterocycles. The van der Waals surface area contributed by atoms with E-state index in [-0.39, 0.29) is 25.9 Å². The molecule has 33 heavy (non-hydrogen) atoms. The molecule has 0 aliphatic rings. The molecule has 0 amide bonds. The molecule has 165 valence electrons. The Morgan fingerprint density at radius 2 is 1.48 bits per heavy atom. The predicted molar refractivity (Wildman–Crippen MR) is 127 cm³/mol. The van der Waals surface area contributed by atoms with Gasteiger partial charge in [0, 0.05) is 38.3 Å². The Morgan fingerprint density at radius 3 is 2.18 bits per heavy atom. The molecule has 5 rings (SSSR count). The standard InChI is InChI=1S/C18H13FN.C11H8N.Ir/c1-13-12-20-18(15-9-5-6-10-17(15)19)11-16(13)14-7-3-2-4-8-14;1-2-6-10(7-3-1)11-8-4-5-9-12-11;/h2-8,10-12H,1H3;1-6,8-9H;/q2*-1;. The normalized spacial score (nSPS) is 9.88. The van der Waals surface area contributed by atoms with E-state index in [0.29, 0.717) is 11.3 Å². The fourth-order valence-electron chi connectivity index (χ4n) is 3.28. The molecule has 0 N–H and O–H groups in total. The van der Waals surface area contributed by atoms with Gasteiger partial charge < -0.3 is 9.97 Å². The van der Waals surface area contributed by atoms with E-state index in [4.69, 9.17) is 0 Å². The molecule has 0 fully saturated rings. The minimum absolute atomic E-state index is 0. The van der Waals surface area contributed by atoms with Gasteiger partial charge in [-0.3, -0.25) is 4.39 Å². The van der Waals surface area contributed by atoms with E-state index < -0.39 is 0 Å². The Hall–Kier alpha value is -3.46. The minimum atomic E-state index is -0.303. The molecule has 2 nitrogen and oxygen atoms in total. The van der Waals surface area contributed by atoms with Gasteiger partial charge in [-0.25, -0.2) is 0 Å². The topological polar surface area (TPSA) is 25.8 Å². The number of hydrogen-bond acceptors (Lipinski definition) is 2. The Bertz CT molecular complexity index is 1240. The van der Waals surface area contributed by atoms with Crippen LogP contribution in [0.1, 0.15) is 5.56 Å². The van der Waals surface area contributed by atoms with Crippen LogP contribution in [0.3, 0.4) is 0 Å². The van der Waals surface area contributed by atoms with Crippen LogP contribution >= 0.6 is 0 Å². The number of nitrogens with zero attached hydrogens (tertiary/aromatic N) is 2. The monoisotopic (exact) mass is 609 g/mol. The van der Waals surface area contributed by atoms with E-state index in [0.717, 1.165) is 27.9 Å². The first-order valence-corrected chi connectivity index (χ1v) is 10.3. The number of benzene rings is 3. The van der Waals surface area contributed by atoms with Crippen LogP contribution in [0.25, 0.3) is 33.6 Å². The number of rotatable bonds is 3. The fourth-order valence-corrected chi connectivity index (χ4v) is 3.28. The molecule has 1 radical (unpaired) electrons. The molecule has 0 unspecified atom stereocenters. The summed E-state index contributed by atoms with van der Waals surface area (Å²) in [5, 5.41) is 0. The molecule has 2 heterocycles. The summed E-state index contributed by atoms with van der Waals surface area (Å²) in [5.74, 6) is -0.303. The van der Waals surface area contributed by atoms with Crippen molar-refractivity contribution in [1.82, 2.24) is 9.97 Å². The van der Waals surface area contributed by atoms with Gasteiger partial charge in [-0.2, -0.15) is 0 Å². The fraction of sp³-hybridized carbons (Fsp3) is 0.0345. The minimum Gasteiger partial charge on any atom is -0.305 e. The second-order valence-electron chi connectivity index (χ2n) is 7.13. The third kappa shape index (κ3) is 6.29. The number of pyridine rings is 2. The summed E-state index contributed by atoms with van der Waals surface area (Å²) in [4.78, 5) is 8.54. The first-order chi connectivity index (χ1) is 15.7. The van der Waals surface area contributed by atoms with E-state index in [1.807, 2.05) is 85.8 Å². The first kappa shape index (κ1) is 24.2. The zero-order valence-corrected chi connectivity index (χ0v) is 20.4. The molecular formula is C29H21FIrN2-2. The third-order valence-corrected chi connectivity index (χ3v) is 4.90. The van der Waals surface area contributed by atoms with Crippen LogP contribution in [0.2, 0.25) is 0 Å². The van der Waals surface area contributed by atoms with Crippen molar-refractivity contribution in [3.63, 3.8) is 0 Å². The van der Waals surface area contributed by atoms with E-state index in [2.05, 4.69) is 22.1 Å². The maximum absolute atomic E-state index is 13.8. The Balaban J connectivity index is 0.000000202. The summed E-state index contributed by atoms with van der Waals surface area (Å²) in [7, 11) is 0. The molecule has 0 spiro atoms. The van der Waals surface area contributed by atoms with Gasteiger partial charge in [-0.05, 0) is 41.1 Å². The molecule has 0 bridgehead atoms. The smallest absolute Gasteiger partial charge is 0.0380 e. The molecule has 2 aromatic heterocycles. The summed E-state index contributed by atoms with van der Waals surface area (Å²) in [5.41, 5.74) is 6.25. The third-order valence-electron chi connectivity index (χ3n) is 4.90. The average molecular weight is 609 g/mol. The number of halogens is 1. The van der Waals surface area contributed by atoms with Crippen molar-refractivity contribution in [3.8, 4) is 33.6 Å². The van der Waals surface area contributed by atoms with Crippen LogP contribution in [-0.4, -0.2) is 9.97 Å². The molecule has 0 aliphatic carbocycles. The second kappa shape index (κ2) is 12.0. The van der Waals surface area contributed by atoms with Crippen LogP contribution in [-0.2, 0) is 20.1 Å². The SMILES string of the molecule is Cc1cnc(-c2[c-]cccc2F)cc1-c1ccccc1.[Ir].[c-]1ccccc1-c1ccccn1. The van der Waals surface area contributed by atoms with E-state index >= 15 is 0 Å². The van der Waals surface area contributed by atoms with Crippen molar-refractivity contribution in [2.24, 2.45) is 0 Å².